The van der Waals surface area contributed by atoms with Crippen LogP contribution in [0.3, 0.4) is 0 Å². The summed E-state index contributed by atoms with van der Waals surface area (Å²) in [5, 5.41) is 18.2. The second-order valence-electron chi connectivity index (χ2n) is 5.54. The lowest BCUT2D eigenvalue weighted by molar-refractivity contribution is -0.384. The molecule has 148 valence electrons. The fourth-order valence-corrected chi connectivity index (χ4v) is 3.28. The molecule has 2 rings (SSSR count). The molecule has 0 aliphatic heterocycles. The quantitative estimate of drug-likeness (QED) is 0.405. The maximum absolute atomic E-state index is 12.0. The Balaban J connectivity index is 2.10. The number of esters is 1. The van der Waals surface area contributed by atoms with Gasteiger partial charge in [0, 0.05) is 6.07 Å². The molecule has 12 heteroatoms. The smallest absolute Gasteiger partial charge is 0.338 e. The largest absolute Gasteiger partial charge is 0.452 e. The minimum absolute atomic E-state index is 0.0171. The van der Waals surface area contributed by atoms with Crippen LogP contribution in [0.2, 0.25) is 5.02 Å². The Bertz CT molecular complexity index is 1070. The molecule has 1 amide bonds. The van der Waals surface area contributed by atoms with Gasteiger partial charge in [-0.15, -0.1) is 0 Å². The van der Waals surface area contributed by atoms with Crippen molar-refractivity contribution in [2.75, 3.05) is 11.9 Å². The van der Waals surface area contributed by atoms with Crippen LogP contribution < -0.4 is 10.5 Å². The van der Waals surface area contributed by atoms with Gasteiger partial charge < -0.3 is 10.1 Å². The molecule has 0 aromatic heterocycles. The summed E-state index contributed by atoms with van der Waals surface area (Å²) in [6, 6.07) is 7.52. The molecule has 28 heavy (non-hydrogen) atoms. The second-order valence-corrected chi connectivity index (χ2v) is 7.48. The molecule has 0 aliphatic carbocycles. The van der Waals surface area contributed by atoms with Crippen molar-refractivity contribution in [1.82, 2.24) is 0 Å². The molecule has 0 fully saturated rings. The average molecular weight is 428 g/mol. The number of halogens is 1. The second kappa shape index (κ2) is 8.33. The van der Waals surface area contributed by atoms with Gasteiger partial charge in [0.05, 0.1) is 15.5 Å². The number of anilines is 1. The van der Waals surface area contributed by atoms with Crippen LogP contribution in [0.1, 0.15) is 15.9 Å². The summed E-state index contributed by atoms with van der Waals surface area (Å²) in [7, 11) is -4.16. The van der Waals surface area contributed by atoms with E-state index in [2.05, 4.69) is 5.32 Å². The number of nitro groups is 1. The molecule has 2 aromatic rings. The topological polar surface area (TPSA) is 159 Å². The lowest BCUT2D eigenvalue weighted by atomic mass is 10.1. The molecule has 0 spiro atoms. The summed E-state index contributed by atoms with van der Waals surface area (Å²) >= 11 is 5.73. The number of hydrogen-bond acceptors (Lipinski definition) is 7. The Morgan fingerprint density at radius 2 is 1.96 bits per heavy atom. The number of primary sulfonamides is 1. The van der Waals surface area contributed by atoms with Crippen LogP contribution in [0, 0.1) is 17.0 Å². The van der Waals surface area contributed by atoms with E-state index in [4.69, 9.17) is 21.5 Å². The van der Waals surface area contributed by atoms with Crippen molar-refractivity contribution in [3.8, 4) is 0 Å². The molecule has 0 atom stereocenters. The van der Waals surface area contributed by atoms with E-state index in [0.29, 0.717) is 5.56 Å². The minimum atomic E-state index is -4.16. The zero-order chi connectivity index (χ0) is 21.1. The van der Waals surface area contributed by atoms with Crippen LogP contribution in [-0.2, 0) is 19.6 Å². The zero-order valence-electron chi connectivity index (χ0n) is 14.3. The molecule has 2 aromatic carbocycles. The highest BCUT2D eigenvalue weighted by atomic mass is 35.5. The normalized spacial score (nSPS) is 11.0. The first kappa shape index (κ1) is 21.3. The van der Waals surface area contributed by atoms with E-state index >= 15 is 0 Å². The molecule has 0 saturated heterocycles. The molecular weight excluding hydrogens is 414 g/mol. The van der Waals surface area contributed by atoms with Crippen LogP contribution in [-0.4, -0.2) is 31.8 Å². The van der Waals surface area contributed by atoms with Crippen molar-refractivity contribution in [2.45, 2.75) is 11.8 Å². The van der Waals surface area contributed by atoms with Gasteiger partial charge in [-0.2, -0.15) is 0 Å². The number of sulfonamides is 1. The molecular formula is C16H14ClN3O7S. The van der Waals surface area contributed by atoms with E-state index in [1.165, 1.54) is 18.2 Å². The molecule has 0 heterocycles. The standard InChI is InChI=1S/C16H14ClN3O7S/c1-9-3-2-4-12(20(23)24)15(9)19-14(21)8-27-16(22)10-5-6-11(17)13(7-10)28(18,25)26/h2-7H,8H2,1H3,(H,19,21)(H2,18,25,26). The first-order valence-corrected chi connectivity index (χ1v) is 9.46. The maximum atomic E-state index is 12.0. The predicted octanol–water partition coefficient (Wildman–Crippen LogP) is 2.00. The number of benzene rings is 2. The Hall–Kier alpha value is -3.02. The van der Waals surface area contributed by atoms with E-state index in [1.54, 1.807) is 13.0 Å². The lowest BCUT2D eigenvalue weighted by Crippen LogP contribution is -2.22. The minimum Gasteiger partial charge on any atom is -0.452 e. The molecule has 10 nitrogen and oxygen atoms in total. The first-order chi connectivity index (χ1) is 13.0. The van der Waals surface area contributed by atoms with Gasteiger partial charge in [0.15, 0.2) is 6.61 Å². The number of aryl methyl sites for hydroxylation is 1. The van der Waals surface area contributed by atoms with Gasteiger partial charge in [-0.05, 0) is 30.7 Å². The number of nitro benzene ring substituents is 1. The van der Waals surface area contributed by atoms with Gasteiger partial charge in [0.25, 0.3) is 11.6 Å². The van der Waals surface area contributed by atoms with Crippen LogP contribution in [0.5, 0.6) is 0 Å². The highest BCUT2D eigenvalue weighted by Crippen LogP contribution is 2.27. The fourth-order valence-electron chi connectivity index (χ4n) is 2.21. The number of nitrogens with one attached hydrogen (secondary N) is 1. The lowest BCUT2D eigenvalue weighted by Gasteiger charge is -2.10. The summed E-state index contributed by atoms with van der Waals surface area (Å²) < 4.78 is 27.7. The highest BCUT2D eigenvalue weighted by Gasteiger charge is 2.20. The SMILES string of the molecule is Cc1cccc([N+](=O)[O-])c1NC(=O)COC(=O)c1ccc(Cl)c(S(N)(=O)=O)c1. The van der Waals surface area contributed by atoms with Crippen molar-refractivity contribution in [3.05, 3.63) is 62.7 Å². The Morgan fingerprint density at radius 1 is 1.29 bits per heavy atom. The molecule has 3 N–H and O–H groups in total. The summed E-state index contributed by atoms with van der Waals surface area (Å²) in [6.07, 6.45) is 0. The number of hydrogen-bond donors (Lipinski definition) is 2. The zero-order valence-corrected chi connectivity index (χ0v) is 15.9. The molecule has 0 radical (unpaired) electrons. The number of rotatable bonds is 6. The van der Waals surface area contributed by atoms with Gasteiger partial charge in [-0.3, -0.25) is 14.9 Å². The number of nitrogens with zero attached hydrogens (tertiary/aromatic N) is 1. The third-order valence-corrected chi connectivity index (χ3v) is 4.91. The number of carbonyl (C=O) groups is 2. The Morgan fingerprint density at radius 3 is 2.57 bits per heavy atom. The third kappa shape index (κ3) is 5.03. The van der Waals surface area contributed by atoms with Crippen LogP contribution >= 0.6 is 11.6 Å². The number of carbonyl (C=O) groups excluding carboxylic acids is 2. The predicted molar refractivity (Wildman–Crippen MR) is 99.6 cm³/mol. The van der Waals surface area contributed by atoms with E-state index in [0.717, 1.165) is 12.1 Å². The summed E-state index contributed by atoms with van der Waals surface area (Å²) in [4.78, 5) is 34.0. The van der Waals surface area contributed by atoms with E-state index in [1.807, 2.05) is 0 Å². The van der Waals surface area contributed by atoms with Gasteiger partial charge >= 0.3 is 5.97 Å². The summed E-state index contributed by atoms with van der Waals surface area (Å²) in [5.74, 6) is -1.82. The van der Waals surface area contributed by atoms with Crippen LogP contribution in [0.15, 0.2) is 41.3 Å². The van der Waals surface area contributed by atoms with Gasteiger partial charge in [0.1, 0.15) is 10.6 Å². The molecule has 0 aliphatic rings. The van der Waals surface area contributed by atoms with E-state index in [9.17, 15) is 28.1 Å². The van der Waals surface area contributed by atoms with Crippen molar-refractivity contribution >= 4 is 44.9 Å². The monoisotopic (exact) mass is 427 g/mol. The van der Waals surface area contributed by atoms with E-state index < -0.39 is 38.3 Å². The highest BCUT2D eigenvalue weighted by molar-refractivity contribution is 7.89. The van der Waals surface area contributed by atoms with Crippen molar-refractivity contribution in [3.63, 3.8) is 0 Å². The number of amides is 1. The van der Waals surface area contributed by atoms with Crippen LogP contribution in [0.25, 0.3) is 0 Å². The summed E-state index contributed by atoms with van der Waals surface area (Å²) in [5.41, 5.74) is -0.0702. The number of ether oxygens (including phenoxy) is 1. The number of para-hydroxylation sites is 1. The van der Waals surface area contributed by atoms with Gasteiger partial charge in [0.2, 0.25) is 10.0 Å². The maximum Gasteiger partial charge on any atom is 0.338 e. The summed E-state index contributed by atoms with van der Waals surface area (Å²) in [6.45, 7) is 0.814. The first-order valence-electron chi connectivity index (χ1n) is 7.54. The molecule has 0 bridgehead atoms. The fraction of sp³-hybridized carbons (Fsp3) is 0.125. The van der Waals surface area contributed by atoms with Crippen LogP contribution in [0.4, 0.5) is 11.4 Å². The third-order valence-electron chi connectivity index (χ3n) is 3.52. The van der Waals surface area contributed by atoms with Crippen molar-refractivity contribution < 1.29 is 27.7 Å². The van der Waals surface area contributed by atoms with Gasteiger partial charge in [-0.1, -0.05) is 23.7 Å². The van der Waals surface area contributed by atoms with E-state index in [-0.39, 0.29) is 22.0 Å². The molecule has 0 saturated carbocycles. The number of nitrogens with two attached hydrogens (primary N) is 1. The molecule has 0 unspecified atom stereocenters. The Kier molecular flexibility index (Phi) is 6.33. The average Bonchev–Trinajstić information content (AvgIpc) is 2.60. The van der Waals surface area contributed by atoms with Gasteiger partial charge in [-0.25, -0.2) is 18.4 Å². The van der Waals surface area contributed by atoms with Crippen molar-refractivity contribution in [1.29, 1.82) is 0 Å². The Labute approximate surface area is 164 Å². The van der Waals surface area contributed by atoms with Crippen molar-refractivity contribution in [2.24, 2.45) is 5.14 Å².